The maximum Gasteiger partial charge on any atom is 0.300 e. The van der Waals surface area contributed by atoms with E-state index >= 15 is 0 Å². The molecule has 0 saturated carbocycles. The van der Waals surface area contributed by atoms with Crippen molar-refractivity contribution in [3.05, 3.63) is 29.3 Å². The van der Waals surface area contributed by atoms with Gasteiger partial charge in [0.25, 0.3) is 0 Å². The van der Waals surface area contributed by atoms with Crippen molar-refractivity contribution in [1.29, 1.82) is 0 Å². The molecule has 1 aromatic carbocycles. The minimum absolute atomic E-state index is 0.673. The number of nitrogens with zero attached hydrogens (tertiary/aromatic N) is 1. The Hall–Kier alpha value is 0.420. The van der Waals surface area contributed by atoms with Gasteiger partial charge in [-0.25, -0.2) is 4.08 Å². The van der Waals surface area contributed by atoms with Gasteiger partial charge in [-0.05, 0) is 55.3 Å². The average Bonchev–Trinajstić information content (AvgIpc) is 2.35. The van der Waals surface area contributed by atoms with E-state index in [4.69, 9.17) is 20.9 Å². The van der Waals surface area contributed by atoms with Crippen LogP contribution in [0.2, 0.25) is 0 Å². The molecule has 0 radical (unpaired) electrons. The highest BCUT2D eigenvalue weighted by molar-refractivity contribution is 9.50. The average molecular weight is 368 g/mol. The van der Waals surface area contributed by atoms with Crippen molar-refractivity contribution in [2.75, 3.05) is 17.3 Å². The first-order valence-electron chi connectivity index (χ1n) is 5.62. The molecule has 100 valence electrons. The van der Waals surface area contributed by atoms with Gasteiger partial charge in [-0.2, -0.15) is 0 Å². The van der Waals surface area contributed by atoms with E-state index < -0.39 is 6.64 Å². The smallest absolute Gasteiger partial charge is 0.300 e. The van der Waals surface area contributed by atoms with Gasteiger partial charge >= 0.3 is 6.64 Å². The maximum atomic E-state index is 5.72. The highest BCUT2D eigenvalue weighted by Crippen LogP contribution is 2.60. The van der Waals surface area contributed by atoms with Crippen LogP contribution in [0.1, 0.15) is 17.5 Å². The molecule has 0 aromatic heterocycles. The second-order valence-corrected chi connectivity index (χ2v) is 8.98. The van der Waals surface area contributed by atoms with Gasteiger partial charge in [0.2, 0.25) is 0 Å². The lowest BCUT2D eigenvalue weighted by molar-refractivity contribution is 0.181. The maximum absolute atomic E-state index is 5.72. The zero-order valence-corrected chi connectivity index (χ0v) is 14.4. The first-order chi connectivity index (χ1) is 8.57. The summed E-state index contributed by atoms with van der Waals surface area (Å²) in [6.45, 7) is 3.13. The molecule has 2 rings (SSSR count). The van der Waals surface area contributed by atoms with Gasteiger partial charge in [0.15, 0.2) is 0 Å². The standard InChI is InChI=1S/C11H15BrNO2PS2/c1-9-4-5-11(8-10(9)2)13(18-12)16(17)14-6-3-7-15-16/h4-5,8H,3,6-7H2,1-2H3. The van der Waals surface area contributed by atoms with Gasteiger partial charge in [0.1, 0.15) is 0 Å². The van der Waals surface area contributed by atoms with Crippen molar-refractivity contribution in [2.24, 2.45) is 0 Å². The van der Waals surface area contributed by atoms with Crippen LogP contribution in [-0.4, -0.2) is 13.2 Å². The van der Waals surface area contributed by atoms with Crippen molar-refractivity contribution in [2.45, 2.75) is 20.3 Å². The van der Waals surface area contributed by atoms with Crippen molar-refractivity contribution in [3.8, 4) is 0 Å². The molecule has 0 atom stereocenters. The SMILES string of the molecule is Cc1ccc(N(SBr)P2(=S)OCCCO2)cc1C. The highest BCUT2D eigenvalue weighted by Gasteiger charge is 2.32. The lowest BCUT2D eigenvalue weighted by Gasteiger charge is -2.35. The highest BCUT2D eigenvalue weighted by atomic mass is 79.9. The van der Waals surface area contributed by atoms with Gasteiger partial charge in [-0.15, -0.1) is 0 Å². The van der Waals surface area contributed by atoms with Crippen LogP contribution in [0.25, 0.3) is 0 Å². The second-order valence-electron chi connectivity index (χ2n) is 4.10. The Balaban J connectivity index is 2.32. The first kappa shape index (κ1) is 14.8. The summed E-state index contributed by atoms with van der Waals surface area (Å²) in [6, 6.07) is 6.25. The van der Waals surface area contributed by atoms with E-state index in [2.05, 4.69) is 40.8 Å². The molecule has 1 fully saturated rings. The minimum Gasteiger partial charge on any atom is -0.313 e. The van der Waals surface area contributed by atoms with Crippen LogP contribution < -0.4 is 4.08 Å². The largest absolute Gasteiger partial charge is 0.313 e. The number of rotatable bonds is 3. The zero-order valence-electron chi connectivity index (χ0n) is 10.3. The number of aryl methyl sites for hydroxylation is 2. The topological polar surface area (TPSA) is 21.7 Å². The predicted octanol–water partition coefficient (Wildman–Crippen LogP) is 4.73. The van der Waals surface area contributed by atoms with E-state index in [1.807, 2.05) is 10.1 Å². The van der Waals surface area contributed by atoms with Crippen LogP contribution >= 0.6 is 31.8 Å². The second kappa shape index (κ2) is 6.25. The summed E-state index contributed by atoms with van der Waals surface area (Å²) in [7, 11) is 1.38. The van der Waals surface area contributed by atoms with E-state index in [-0.39, 0.29) is 0 Å². The Morgan fingerprint density at radius 3 is 2.50 bits per heavy atom. The monoisotopic (exact) mass is 367 g/mol. The van der Waals surface area contributed by atoms with Crippen molar-refractivity contribution in [1.82, 2.24) is 0 Å². The molecule has 0 bridgehead atoms. The van der Waals surface area contributed by atoms with E-state index in [1.54, 1.807) is 0 Å². The van der Waals surface area contributed by atoms with E-state index in [9.17, 15) is 0 Å². The molecule has 1 saturated heterocycles. The molecule has 1 aliphatic rings. The van der Waals surface area contributed by atoms with Crippen LogP contribution in [0, 0.1) is 13.8 Å². The van der Waals surface area contributed by atoms with Crippen molar-refractivity contribution in [3.63, 3.8) is 0 Å². The third-order valence-corrected chi connectivity index (χ3v) is 8.69. The molecular weight excluding hydrogens is 353 g/mol. The molecule has 1 aromatic rings. The number of anilines is 1. The summed E-state index contributed by atoms with van der Waals surface area (Å²) in [5.74, 6) is 0. The lowest BCUT2D eigenvalue weighted by Crippen LogP contribution is -2.19. The fourth-order valence-electron chi connectivity index (χ4n) is 1.62. The fourth-order valence-corrected chi connectivity index (χ4v) is 7.65. The van der Waals surface area contributed by atoms with Crippen molar-refractivity contribution < 1.29 is 9.05 Å². The van der Waals surface area contributed by atoms with Crippen LogP contribution in [-0.2, 0) is 20.9 Å². The molecule has 0 spiro atoms. The third-order valence-electron chi connectivity index (χ3n) is 2.80. The molecule has 0 unspecified atom stereocenters. The summed E-state index contributed by atoms with van der Waals surface area (Å²) >= 11 is 8.98. The van der Waals surface area contributed by atoms with Gasteiger partial charge in [-0.3, -0.25) is 0 Å². The summed E-state index contributed by atoms with van der Waals surface area (Å²) in [5.41, 5.74) is 3.52. The Labute approximate surface area is 125 Å². The minimum atomic E-state index is -2.40. The Kier molecular flexibility index (Phi) is 5.14. The number of halogens is 1. The van der Waals surface area contributed by atoms with Gasteiger partial charge in [-0.1, -0.05) is 6.07 Å². The number of hydrogen-bond acceptors (Lipinski definition) is 4. The van der Waals surface area contributed by atoms with Crippen molar-refractivity contribution >= 4 is 49.3 Å². The molecule has 1 heterocycles. The van der Waals surface area contributed by atoms with Gasteiger partial charge < -0.3 is 9.05 Å². The molecule has 18 heavy (non-hydrogen) atoms. The lowest BCUT2D eigenvalue weighted by atomic mass is 10.1. The summed E-state index contributed by atoms with van der Waals surface area (Å²) in [4.78, 5) is 0. The first-order valence-corrected chi connectivity index (χ1v) is 10.8. The van der Waals surface area contributed by atoms with Crippen LogP contribution in [0.15, 0.2) is 18.2 Å². The Bertz CT molecular complexity index is 476. The van der Waals surface area contributed by atoms with E-state index in [0.717, 1.165) is 12.1 Å². The fraction of sp³-hybridized carbons (Fsp3) is 0.455. The Morgan fingerprint density at radius 2 is 1.94 bits per heavy atom. The predicted molar refractivity (Wildman–Crippen MR) is 85.7 cm³/mol. The van der Waals surface area contributed by atoms with E-state index in [1.165, 1.54) is 21.5 Å². The van der Waals surface area contributed by atoms with Crippen LogP contribution in [0.4, 0.5) is 5.69 Å². The molecule has 0 amide bonds. The van der Waals surface area contributed by atoms with Crippen LogP contribution in [0.3, 0.4) is 0 Å². The summed E-state index contributed by atoms with van der Waals surface area (Å²) < 4.78 is 13.4. The van der Waals surface area contributed by atoms with Gasteiger partial charge in [0, 0.05) is 25.2 Å². The molecule has 0 aliphatic carbocycles. The molecule has 1 aliphatic heterocycles. The summed E-state index contributed by atoms with van der Waals surface area (Å²) in [5, 5.41) is 0. The molecule has 3 nitrogen and oxygen atoms in total. The summed E-state index contributed by atoms with van der Waals surface area (Å²) in [6.07, 6.45) is 0.909. The van der Waals surface area contributed by atoms with E-state index in [0.29, 0.717) is 13.2 Å². The number of benzene rings is 1. The Morgan fingerprint density at radius 1 is 1.28 bits per heavy atom. The quantitative estimate of drug-likeness (QED) is 0.567. The number of hydrogen-bond donors (Lipinski definition) is 0. The molecule has 7 heteroatoms. The molecular formula is C11H15BrNO2PS2. The van der Waals surface area contributed by atoms with Crippen LogP contribution in [0.5, 0.6) is 0 Å². The molecule has 0 N–H and O–H groups in total. The van der Waals surface area contributed by atoms with Gasteiger partial charge in [0.05, 0.1) is 18.9 Å². The third kappa shape index (κ3) is 3.11. The zero-order chi connectivity index (χ0) is 13.2. The normalized spacial score (nSPS) is 18.6.